The molecule has 0 bridgehead atoms. The summed E-state index contributed by atoms with van der Waals surface area (Å²) in [5.41, 5.74) is 5.50. The molecule has 0 aliphatic carbocycles. The molecule has 3 aromatic rings. The molecule has 9 nitrogen and oxygen atoms in total. The van der Waals surface area contributed by atoms with Crippen LogP contribution < -0.4 is 5.32 Å². The van der Waals surface area contributed by atoms with E-state index >= 15 is 0 Å². The maximum Gasteiger partial charge on any atom is 0.341 e. The first-order valence-electron chi connectivity index (χ1n) is 10.9. The number of ether oxygens (including phenoxy) is 1. The van der Waals surface area contributed by atoms with Crippen molar-refractivity contribution in [3.8, 4) is 11.8 Å². The fourth-order valence-electron chi connectivity index (χ4n) is 3.70. The van der Waals surface area contributed by atoms with Gasteiger partial charge in [0.1, 0.15) is 5.56 Å². The Morgan fingerprint density at radius 3 is 2.55 bits per heavy atom. The molecule has 0 aliphatic rings. The summed E-state index contributed by atoms with van der Waals surface area (Å²) >= 11 is 0. The fraction of sp³-hybridized carbons (Fsp3) is 0.375. The Morgan fingerprint density at radius 2 is 1.88 bits per heavy atom. The minimum Gasteiger partial charge on any atom is -0.462 e. The van der Waals surface area contributed by atoms with Crippen LogP contribution >= 0.6 is 0 Å². The van der Waals surface area contributed by atoms with Gasteiger partial charge in [-0.1, -0.05) is 0 Å². The smallest absolute Gasteiger partial charge is 0.341 e. The Labute approximate surface area is 193 Å². The summed E-state index contributed by atoms with van der Waals surface area (Å²) in [6.45, 7) is 8.32. The van der Waals surface area contributed by atoms with Gasteiger partial charge < -0.3 is 10.1 Å². The van der Waals surface area contributed by atoms with Gasteiger partial charge in [0.15, 0.2) is 0 Å². The van der Waals surface area contributed by atoms with Gasteiger partial charge in [-0.3, -0.25) is 9.48 Å². The summed E-state index contributed by atoms with van der Waals surface area (Å²) in [6, 6.07) is 9.39. The van der Waals surface area contributed by atoms with Crippen molar-refractivity contribution in [1.82, 2.24) is 19.6 Å². The monoisotopic (exact) mass is 448 g/mol. The molecule has 0 unspecified atom stereocenters. The van der Waals surface area contributed by atoms with E-state index in [9.17, 15) is 9.59 Å². The first-order chi connectivity index (χ1) is 15.8. The molecule has 1 amide bonds. The molecule has 0 saturated carbocycles. The minimum atomic E-state index is -0.397. The maximum atomic E-state index is 12.5. The van der Waals surface area contributed by atoms with E-state index in [2.05, 4.69) is 21.6 Å². The first-order valence-corrected chi connectivity index (χ1v) is 10.9. The van der Waals surface area contributed by atoms with Gasteiger partial charge >= 0.3 is 5.97 Å². The molecule has 0 spiro atoms. The van der Waals surface area contributed by atoms with Gasteiger partial charge in [-0.2, -0.15) is 15.5 Å². The molecule has 172 valence electrons. The van der Waals surface area contributed by atoms with Gasteiger partial charge in [0.25, 0.3) is 0 Å². The number of benzene rings is 1. The zero-order valence-corrected chi connectivity index (χ0v) is 19.4. The molecule has 9 heteroatoms. The third-order valence-electron chi connectivity index (χ3n) is 5.47. The molecule has 3 rings (SSSR count). The van der Waals surface area contributed by atoms with Gasteiger partial charge in [-0.15, -0.1) is 0 Å². The summed E-state index contributed by atoms with van der Waals surface area (Å²) in [5.74, 6) is -0.489. The number of esters is 1. The standard InChI is InChI=1S/C24H28N6O3/c1-5-33-24(32)22-15-26-30(18(22)4)20-9-7-19(8-10-20)27-23(31)12-11-21-16(2)28-29(17(21)3)14-6-13-25/h7-10,15H,5-6,11-12,14H2,1-4H3,(H,27,31). The number of anilines is 1. The number of aryl methyl sites for hydroxylation is 2. The third kappa shape index (κ3) is 5.47. The first kappa shape index (κ1) is 23.7. The molecule has 0 aliphatic heterocycles. The van der Waals surface area contributed by atoms with E-state index < -0.39 is 5.97 Å². The summed E-state index contributed by atoms with van der Waals surface area (Å²) in [4.78, 5) is 24.5. The van der Waals surface area contributed by atoms with Crippen LogP contribution in [-0.4, -0.2) is 38.0 Å². The van der Waals surface area contributed by atoms with Crippen molar-refractivity contribution in [2.45, 2.75) is 53.5 Å². The largest absolute Gasteiger partial charge is 0.462 e. The molecular weight excluding hydrogens is 420 g/mol. The lowest BCUT2D eigenvalue weighted by Crippen LogP contribution is -2.13. The third-order valence-corrected chi connectivity index (χ3v) is 5.47. The molecule has 1 aromatic carbocycles. The van der Waals surface area contributed by atoms with Crippen molar-refractivity contribution < 1.29 is 14.3 Å². The van der Waals surface area contributed by atoms with E-state index in [1.807, 2.05) is 30.7 Å². The van der Waals surface area contributed by atoms with Crippen LogP contribution in [0.3, 0.4) is 0 Å². The number of aromatic nitrogens is 4. The van der Waals surface area contributed by atoms with Gasteiger partial charge in [-0.05, 0) is 63.9 Å². The molecule has 1 N–H and O–H groups in total. The van der Waals surface area contributed by atoms with Crippen molar-refractivity contribution in [3.63, 3.8) is 0 Å². The number of nitrogens with zero attached hydrogens (tertiary/aromatic N) is 5. The number of rotatable bonds is 9. The van der Waals surface area contributed by atoms with Gasteiger partial charge in [0, 0.05) is 17.8 Å². The SMILES string of the molecule is CCOC(=O)c1cnn(-c2ccc(NC(=O)CCc3c(C)nn(CCC#N)c3C)cc2)c1C. The topological polar surface area (TPSA) is 115 Å². The average Bonchev–Trinajstić information content (AvgIpc) is 3.30. The van der Waals surface area contributed by atoms with Gasteiger partial charge in [-0.25, -0.2) is 9.48 Å². The highest BCUT2D eigenvalue weighted by atomic mass is 16.5. The van der Waals surface area contributed by atoms with E-state index in [-0.39, 0.29) is 5.91 Å². The molecule has 33 heavy (non-hydrogen) atoms. The Kier molecular flexibility index (Phi) is 7.61. The molecule has 0 radical (unpaired) electrons. The normalized spacial score (nSPS) is 10.6. The van der Waals surface area contributed by atoms with E-state index in [4.69, 9.17) is 10.00 Å². The van der Waals surface area contributed by atoms with Crippen molar-refractivity contribution >= 4 is 17.6 Å². The number of amides is 1. The van der Waals surface area contributed by atoms with Crippen LogP contribution in [0.1, 0.15) is 52.8 Å². The Hall–Kier alpha value is -3.93. The molecule has 2 heterocycles. The highest BCUT2D eigenvalue weighted by molar-refractivity contribution is 5.91. The lowest BCUT2D eigenvalue weighted by atomic mass is 10.1. The maximum absolute atomic E-state index is 12.5. The highest BCUT2D eigenvalue weighted by Crippen LogP contribution is 2.19. The Morgan fingerprint density at radius 1 is 1.15 bits per heavy atom. The number of nitrogens with one attached hydrogen (secondary N) is 1. The second-order valence-electron chi connectivity index (χ2n) is 7.65. The summed E-state index contributed by atoms with van der Waals surface area (Å²) in [7, 11) is 0. The molecule has 0 atom stereocenters. The fourth-order valence-corrected chi connectivity index (χ4v) is 3.70. The number of carbonyl (C=O) groups is 2. The lowest BCUT2D eigenvalue weighted by molar-refractivity contribution is -0.116. The molecule has 0 fully saturated rings. The van der Waals surface area contributed by atoms with Gasteiger partial charge in [0.2, 0.25) is 5.91 Å². The summed E-state index contributed by atoms with van der Waals surface area (Å²) in [6.07, 6.45) is 2.81. The average molecular weight is 449 g/mol. The van der Waals surface area contributed by atoms with E-state index in [0.717, 1.165) is 22.6 Å². The Bertz CT molecular complexity index is 1180. The summed E-state index contributed by atoms with van der Waals surface area (Å²) < 4.78 is 8.54. The van der Waals surface area contributed by atoms with Gasteiger partial charge in [0.05, 0.1) is 48.9 Å². The quantitative estimate of drug-likeness (QED) is 0.500. The number of hydrogen-bond acceptors (Lipinski definition) is 6. The van der Waals surface area contributed by atoms with Crippen molar-refractivity contribution in [1.29, 1.82) is 5.26 Å². The zero-order valence-electron chi connectivity index (χ0n) is 19.4. The highest BCUT2D eigenvalue weighted by Gasteiger charge is 2.16. The lowest BCUT2D eigenvalue weighted by Gasteiger charge is -2.09. The van der Waals surface area contributed by atoms with E-state index in [0.29, 0.717) is 49.4 Å². The molecule has 2 aromatic heterocycles. The van der Waals surface area contributed by atoms with Crippen LogP contribution in [0.15, 0.2) is 30.5 Å². The van der Waals surface area contributed by atoms with Crippen LogP contribution in [0.5, 0.6) is 0 Å². The van der Waals surface area contributed by atoms with Crippen LogP contribution in [0.4, 0.5) is 5.69 Å². The van der Waals surface area contributed by atoms with Crippen LogP contribution in [0.25, 0.3) is 5.69 Å². The Balaban J connectivity index is 1.61. The van der Waals surface area contributed by atoms with E-state index in [1.165, 1.54) is 6.20 Å². The second-order valence-corrected chi connectivity index (χ2v) is 7.65. The summed E-state index contributed by atoms with van der Waals surface area (Å²) in [5, 5.41) is 20.5. The second kappa shape index (κ2) is 10.6. The van der Waals surface area contributed by atoms with E-state index in [1.54, 1.807) is 30.7 Å². The minimum absolute atomic E-state index is 0.0915. The van der Waals surface area contributed by atoms with Crippen LogP contribution in [0.2, 0.25) is 0 Å². The van der Waals surface area contributed by atoms with Crippen molar-refractivity contribution in [2.24, 2.45) is 0 Å². The predicted molar refractivity (Wildman–Crippen MR) is 123 cm³/mol. The number of nitriles is 1. The zero-order chi connectivity index (χ0) is 24.0. The van der Waals surface area contributed by atoms with Crippen molar-refractivity contribution in [2.75, 3.05) is 11.9 Å². The number of hydrogen-bond donors (Lipinski definition) is 1. The van der Waals surface area contributed by atoms with Crippen molar-refractivity contribution in [3.05, 3.63) is 58.7 Å². The molecule has 0 saturated heterocycles. The molecular formula is C24H28N6O3. The van der Waals surface area contributed by atoms with Crippen LogP contribution in [0, 0.1) is 32.1 Å². The number of carbonyl (C=O) groups excluding carboxylic acids is 2. The predicted octanol–water partition coefficient (Wildman–Crippen LogP) is 3.66. The van der Waals surface area contributed by atoms with Crippen LogP contribution in [-0.2, 0) is 22.5 Å².